The summed E-state index contributed by atoms with van der Waals surface area (Å²) in [5.74, 6) is 0. The minimum absolute atomic E-state index is 0.615. The Kier molecular flexibility index (Phi) is 3.41. The number of rotatable bonds is 3. The van der Waals surface area contributed by atoms with Crippen LogP contribution in [0, 0.1) is 0 Å². The van der Waals surface area contributed by atoms with E-state index in [1.807, 2.05) is 29.9 Å². The van der Waals surface area contributed by atoms with Crippen LogP contribution < -0.4 is 5.73 Å². The third-order valence-electron chi connectivity index (χ3n) is 2.48. The fraction of sp³-hybridized carbons (Fsp3) is 0.250. The summed E-state index contributed by atoms with van der Waals surface area (Å²) in [6, 6.07) is 10.2. The molecular weight excluding hydrogens is 266 g/mol. The first kappa shape index (κ1) is 11.4. The van der Waals surface area contributed by atoms with Gasteiger partial charge in [0.2, 0.25) is 0 Å². The van der Waals surface area contributed by atoms with E-state index < -0.39 is 0 Å². The summed E-state index contributed by atoms with van der Waals surface area (Å²) in [6.07, 6.45) is 0.793. The third-order valence-corrected chi connectivity index (χ3v) is 3.32. The monoisotopic (exact) mass is 279 g/mol. The van der Waals surface area contributed by atoms with Crippen LogP contribution in [-0.2, 0) is 13.5 Å². The minimum Gasteiger partial charge on any atom is -0.330 e. The van der Waals surface area contributed by atoms with Crippen LogP contribution in [0.2, 0.25) is 0 Å². The predicted molar refractivity (Wildman–Crippen MR) is 69.1 cm³/mol. The van der Waals surface area contributed by atoms with Gasteiger partial charge in [-0.25, -0.2) is 0 Å². The maximum atomic E-state index is 5.56. The van der Waals surface area contributed by atoms with Gasteiger partial charge in [0, 0.05) is 19.0 Å². The first-order chi connectivity index (χ1) is 7.74. The summed E-state index contributed by atoms with van der Waals surface area (Å²) >= 11 is 3.60. The quantitative estimate of drug-likeness (QED) is 0.938. The van der Waals surface area contributed by atoms with Crippen molar-refractivity contribution in [1.82, 2.24) is 9.78 Å². The zero-order chi connectivity index (χ0) is 11.5. The Labute approximate surface area is 103 Å². The molecule has 0 spiro atoms. The van der Waals surface area contributed by atoms with Gasteiger partial charge in [-0.2, -0.15) is 5.10 Å². The number of aromatic nitrogens is 2. The maximum Gasteiger partial charge on any atom is 0.0824 e. The van der Waals surface area contributed by atoms with Crippen molar-refractivity contribution in [2.24, 2.45) is 12.8 Å². The molecule has 0 unspecified atom stereocenters. The van der Waals surface area contributed by atoms with Gasteiger partial charge in [0.05, 0.1) is 15.9 Å². The molecule has 0 fully saturated rings. The molecule has 0 aliphatic rings. The van der Waals surface area contributed by atoms with Gasteiger partial charge < -0.3 is 5.73 Å². The van der Waals surface area contributed by atoms with E-state index >= 15 is 0 Å². The van der Waals surface area contributed by atoms with Crippen LogP contribution in [0.5, 0.6) is 0 Å². The molecule has 16 heavy (non-hydrogen) atoms. The molecule has 3 nitrogen and oxygen atoms in total. The van der Waals surface area contributed by atoms with Crippen LogP contribution in [-0.4, -0.2) is 16.3 Å². The first-order valence-electron chi connectivity index (χ1n) is 5.21. The molecular formula is C12H14BrN3. The molecule has 0 saturated carbocycles. The van der Waals surface area contributed by atoms with Crippen molar-refractivity contribution < 1.29 is 0 Å². The van der Waals surface area contributed by atoms with Crippen molar-refractivity contribution in [3.05, 3.63) is 40.5 Å². The normalized spacial score (nSPS) is 10.7. The van der Waals surface area contributed by atoms with Crippen molar-refractivity contribution in [1.29, 1.82) is 0 Å². The molecule has 0 radical (unpaired) electrons. The van der Waals surface area contributed by atoms with E-state index in [-0.39, 0.29) is 0 Å². The van der Waals surface area contributed by atoms with Crippen LogP contribution in [0.1, 0.15) is 5.69 Å². The molecule has 2 aromatic rings. The minimum atomic E-state index is 0.615. The van der Waals surface area contributed by atoms with E-state index in [0.717, 1.165) is 27.8 Å². The molecule has 0 atom stereocenters. The van der Waals surface area contributed by atoms with Gasteiger partial charge in [-0.05, 0) is 22.5 Å². The fourth-order valence-corrected chi connectivity index (χ4v) is 2.52. The van der Waals surface area contributed by atoms with E-state index in [9.17, 15) is 0 Å². The number of nitrogens with two attached hydrogens (primary N) is 1. The van der Waals surface area contributed by atoms with Gasteiger partial charge in [-0.15, -0.1) is 0 Å². The molecule has 1 aromatic carbocycles. The topological polar surface area (TPSA) is 43.8 Å². The van der Waals surface area contributed by atoms with E-state index in [2.05, 4.69) is 33.2 Å². The average Bonchev–Trinajstić information content (AvgIpc) is 2.56. The molecule has 1 aromatic heterocycles. The fourth-order valence-electron chi connectivity index (χ4n) is 1.76. The average molecular weight is 280 g/mol. The van der Waals surface area contributed by atoms with Crippen molar-refractivity contribution >= 4 is 15.9 Å². The van der Waals surface area contributed by atoms with Gasteiger partial charge >= 0.3 is 0 Å². The summed E-state index contributed by atoms with van der Waals surface area (Å²) in [5.41, 5.74) is 8.84. The van der Waals surface area contributed by atoms with Crippen molar-refractivity contribution in [3.8, 4) is 11.3 Å². The van der Waals surface area contributed by atoms with Crippen molar-refractivity contribution in [3.63, 3.8) is 0 Å². The largest absolute Gasteiger partial charge is 0.330 e. The third kappa shape index (κ3) is 2.03. The molecule has 0 bridgehead atoms. The van der Waals surface area contributed by atoms with E-state index in [4.69, 9.17) is 5.73 Å². The molecule has 2 rings (SSSR count). The SMILES string of the molecule is Cn1nc(CCN)c(Br)c1-c1ccccc1. The van der Waals surface area contributed by atoms with E-state index in [0.29, 0.717) is 6.54 Å². The molecule has 0 aliphatic heterocycles. The molecule has 0 amide bonds. The molecule has 0 saturated heterocycles. The zero-order valence-electron chi connectivity index (χ0n) is 9.15. The first-order valence-corrected chi connectivity index (χ1v) is 6.00. The lowest BCUT2D eigenvalue weighted by Crippen LogP contribution is -2.04. The second-order valence-electron chi connectivity index (χ2n) is 3.64. The second kappa shape index (κ2) is 4.80. The summed E-state index contributed by atoms with van der Waals surface area (Å²) in [5, 5.41) is 4.47. The number of halogens is 1. The Hall–Kier alpha value is -1.13. The Morgan fingerprint density at radius 3 is 2.62 bits per heavy atom. The maximum absolute atomic E-state index is 5.56. The summed E-state index contributed by atoms with van der Waals surface area (Å²) in [6.45, 7) is 0.615. The number of hydrogen-bond acceptors (Lipinski definition) is 2. The van der Waals surface area contributed by atoms with E-state index in [1.165, 1.54) is 0 Å². The van der Waals surface area contributed by atoms with Crippen LogP contribution in [0.15, 0.2) is 34.8 Å². The van der Waals surface area contributed by atoms with Crippen LogP contribution >= 0.6 is 15.9 Å². The van der Waals surface area contributed by atoms with Gasteiger partial charge in [0.1, 0.15) is 0 Å². The second-order valence-corrected chi connectivity index (χ2v) is 4.43. The van der Waals surface area contributed by atoms with Gasteiger partial charge in [-0.1, -0.05) is 30.3 Å². The number of aryl methyl sites for hydroxylation is 1. The van der Waals surface area contributed by atoms with Gasteiger partial charge in [-0.3, -0.25) is 4.68 Å². The Morgan fingerprint density at radius 2 is 2.00 bits per heavy atom. The highest BCUT2D eigenvalue weighted by Gasteiger charge is 2.14. The van der Waals surface area contributed by atoms with Crippen molar-refractivity contribution in [2.75, 3.05) is 6.54 Å². The lowest BCUT2D eigenvalue weighted by atomic mass is 10.1. The number of hydrogen-bond donors (Lipinski definition) is 1. The number of nitrogens with zero attached hydrogens (tertiary/aromatic N) is 2. The molecule has 0 aliphatic carbocycles. The zero-order valence-corrected chi connectivity index (χ0v) is 10.7. The van der Waals surface area contributed by atoms with E-state index in [1.54, 1.807) is 0 Å². The highest BCUT2D eigenvalue weighted by molar-refractivity contribution is 9.10. The Balaban J connectivity index is 2.49. The van der Waals surface area contributed by atoms with Crippen LogP contribution in [0.4, 0.5) is 0 Å². The molecule has 1 heterocycles. The van der Waals surface area contributed by atoms with Gasteiger partial charge in [0.25, 0.3) is 0 Å². The van der Waals surface area contributed by atoms with Crippen LogP contribution in [0.25, 0.3) is 11.3 Å². The Morgan fingerprint density at radius 1 is 1.31 bits per heavy atom. The smallest absolute Gasteiger partial charge is 0.0824 e. The molecule has 4 heteroatoms. The molecule has 2 N–H and O–H groups in total. The highest BCUT2D eigenvalue weighted by atomic mass is 79.9. The highest BCUT2D eigenvalue weighted by Crippen LogP contribution is 2.30. The van der Waals surface area contributed by atoms with Crippen LogP contribution in [0.3, 0.4) is 0 Å². The van der Waals surface area contributed by atoms with Crippen molar-refractivity contribution in [2.45, 2.75) is 6.42 Å². The predicted octanol–water partition coefficient (Wildman–Crippen LogP) is 2.35. The summed E-state index contributed by atoms with van der Waals surface area (Å²) < 4.78 is 2.94. The number of benzene rings is 1. The summed E-state index contributed by atoms with van der Waals surface area (Å²) in [7, 11) is 1.95. The summed E-state index contributed by atoms with van der Waals surface area (Å²) in [4.78, 5) is 0. The standard InChI is InChI=1S/C12H14BrN3/c1-16-12(9-5-3-2-4-6-9)11(13)10(15-16)7-8-14/h2-6H,7-8,14H2,1H3. The lowest BCUT2D eigenvalue weighted by Gasteiger charge is -2.02. The lowest BCUT2D eigenvalue weighted by molar-refractivity contribution is 0.745. The Bertz CT molecular complexity index is 477. The molecule has 84 valence electrons. The van der Waals surface area contributed by atoms with Gasteiger partial charge in [0.15, 0.2) is 0 Å².